The third-order valence-corrected chi connectivity index (χ3v) is 3.70. The van der Waals surface area contributed by atoms with Crippen LogP contribution in [-0.2, 0) is 4.74 Å². The van der Waals surface area contributed by atoms with E-state index in [1.807, 2.05) is 0 Å². The van der Waals surface area contributed by atoms with Crippen LogP contribution >= 0.6 is 0 Å². The lowest BCUT2D eigenvalue weighted by atomic mass is 9.91. The van der Waals surface area contributed by atoms with Crippen molar-refractivity contribution in [3.05, 3.63) is 0 Å². The molecule has 0 spiro atoms. The van der Waals surface area contributed by atoms with E-state index in [1.54, 1.807) is 0 Å². The molecule has 1 atom stereocenters. The average molecular weight is 270 g/mol. The van der Waals surface area contributed by atoms with Crippen molar-refractivity contribution in [1.29, 1.82) is 0 Å². The van der Waals surface area contributed by atoms with E-state index in [1.165, 1.54) is 32.4 Å². The second-order valence-electron chi connectivity index (χ2n) is 6.71. The number of nitrogens with zero attached hydrogens (tertiary/aromatic N) is 1. The first-order chi connectivity index (χ1) is 9.07. The van der Waals surface area contributed by atoms with Crippen molar-refractivity contribution < 1.29 is 4.74 Å². The van der Waals surface area contributed by atoms with Crippen LogP contribution in [0.4, 0.5) is 0 Å². The van der Waals surface area contributed by atoms with Crippen molar-refractivity contribution in [3.8, 4) is 0 Å². The highest BCUT2D eigenvalue weighted by molar-refractivity contribution is 4.81. The molecule has 0 saturated carbocycles. The molecule has 0 aliphatic carbocycles. The predicted molar refractivity (Wildman–Crippen MR) is 82.6 cm³/mol. The Morgan fingerprint density at radius 1 is 1.26 bits per heavy atom. The van der Waals surface area contributed by atoms with Crippen LogP contribution in [0.5, 0.6) is 0 Å². The van der Waals surface area contributed by atoms with E-state index < -0.39 is 0 Å². The first-order valence-electron chi connectivity index (χ1n) is 8.12. The summed E-state index contributed by atoms with van der Waals surface area (Å²) in [6.45, 7) is 15.8. The smallest absolute Gasteiger partial charge is 0.0702 e. The first kappa shape index (κ1) is 16.9. The lowest BCUT2D eigenvalue weighted by Gasteiger charge is -2.38. The fraction of sp³-hybridized carbons (Fsp3) is 1.00. The van der Waals surface area contributed by atoms with E-state index in [9.17, 15) is 0 Å². The molecule has 114 valence electrons. The highest BCUT2D eigenvalue weighted by atomic mass is 16.5. The molecule has 0 aromatic carbocycles. The molecular formula is C16H34N2O. The molecule has 19 heavy (non-hydrogen) atoms. The van der Waals surface area contributed by atoms with Crippen molar-refractivity contribution in [2.75, 3.05) is 39.3 Å². The number of hydrogen-bond donors (Lipinski definition) is 1. The summed E-state index contributed by atoms with van der Waals surface area (Å²) in [5.41, 5.74) is 0.349. The summed E-state index contributed by atoms with van der Waals surface area (Å²) in [7, 11) is 0. The Balaban J connectivity index is 2.29. The Labute approximate surface area is 120 Å². The second kappa shape index (κ2) is 8.93. The molecular weight excluding hydrogens is 236 g/mol. The van der Waals surface area contributed by atoms with Gasteiger partial charge in [0, 0.05) is 26.2 Å². The number of hydrogen-bond acceptors (Lipinski definition) is 3. The topological polar surface area (TPSA) is 24.5 Å². The zero-order valence-corrected chi connectivity index (χ0v) is 13.5. The van der Waals surface area contributed by atoms with Crippen LogP contribution < -0.4 is 5.32 Å². The highest BCUT2D eigenvalue weighted by Crippen LogP contribution is 2.20. The monoisotopic (exact) mass is 270 g/mol. The van der Waals surface area contributed by atoms with E-state index in [0.29, 0.717) is 11.5 Å². The Morgan fingerprint density at radius 2 is 2.05 bits per heavy atom. The fourth-order valence-corrected chi connectivity index (χ4v) is 2.84. The molecule has 1 aliphatic heterocycles. The van der Waals surface area contributed by atoms with Crippen LogP contribution in [-0.4, -0.2) is 50.3 Å². The Kier molecular flexibility index (Phi) is 7.96. The van der Waals surface area contributed by atoms with Gasteiger partial charge in [-0.05, 0) is 44.2 Å². The summed E-state index contributed by atoms with van der Waals surface area (Å²) < 4.78 is 5.92. The predicted octanol–water partition coefficient (Wildman–Crippen LogP) is 2.90. The lowest BCUT2D eigenvalue weighted by molar-refractivity contribution is -0.00885. The molecule has 1 N–H and O–H groups in total. The van der Waals surface area contributed by atoms with Gasteiger partial charge in [-0.25, -0.2) is 0 Å². The van der Waals surface area contributed by atoms with Crippen LogP contribution in [0.2, 0.25) is 0 Å². The summed E-state index contributed by atoms with van der Waals surface area (Å²) in [6.07, 6.45) is 5.33. The third kappa shape index (κ3) is 7.28. The van der Waals surface area contributed by atoms with Crippen LogP contribution in [0.25, 0.3) is 0 Å². The van der Waals surface area contributed by atoms with Gasteiger partial charge in [0.15, 0.2) is 0 Å². The van der Waals surface area contributed by atoms with Gasteiger partial charge in [-0.2, -0.15) is 0 Å². The molecule has 1 unspecified atom stereocenters. The van der Waals surface area contributed by atoms with E-state index in [4.69, 9.17) is 4.74 Å². The molecule has 3 nitrogen and oxygen atoms in total. The van der Waals surface area contributed by atoms with Crippen molar-refractivity contribution >= 4 is 0 Å². The van der Waals surface area contributed by atoms with Gasteiger partial charge in [-0.15, -0.1) is 0 Å². The van der Waals surface area contributed by atoms with Crippen LogP contribution in [0.1, 0.15) is 53.4 Å². The minimum absolute atomic E-state index is 0.349. The zero-order valence-electron chi connectivity index (χ0n) is 13.5. The molecule has 1 aliphatic rings. The van der Waals surface area contributed by atoms with Crippen LogP contribution in [0, 0.1) is 5.41 Å². The van der Waals surface area contributed by atoms with Crippen molar-refractivity contribution in [1.82, 2.24) is 10.2 Å². The molecule has 0 aromatic rings. The lowest BCUT2D eigenvalue weighted by Crippen LogP contribution is -2.46. The van der Waals surface area contributed by atoms with Gasteiger partial charge < -0.3 is 15.0 Å². The van der Waals surface area contributed by atoms with E-state index in [0.717, 1.165) is 32.7 Å². The van der Waals surface area contributed by atoms with Gasteiger partial charge in [-0.1, -0.05) is 27.7 Å². The number of ether oxygens (including phenoxy) is 1. The molecule has 0 aromatic heterocycles. The molecule has 1 heterocycles. The molecule has 3 heteroatoms. The van der Waals surface area contributed by atoms with Gasteiger partial charge in [-0.3, -0.25) is 0 Å². The molecule has 1 saturated heterocycles. The number of nitrogens with one attached hydrogen (secondary N) is 1. The standard InChI is InChI=1S/C16H34N2O/c1-5-9-17-13-16(3,4)14-18-10-7-8-15(12-18)19-11-6-2/h15,17H,5-14H2,1-4H3. The van der Waals surface area contributed by atoms with E-state index in [2.05, 4.69) is 37.9 Å². The normalized spacial score (nSPS) is 21.8. The first-order valence-corrected chi connectivity index (χ1v) is 8.12. The Hall–Kier alpha value is -0.120. The molecule has 0 amide bonds. The van der Waals surface area contributed by atoms with Gasteiger partial charge in [0.1, 0.15) is 0 Å². The second-order valence-corrected chi connectivity index (χ2v) is 6.71. The van der Waals surface area contributed by atoms with Crippen molar-refractivity contribution in [2.24, 2.45) is 5.41 Å². The van der Waals surface area contributed by atoms with Gasteiger partial charge in [0.25, 0.3) is 0 Å². The Bertz CT molecular complexity index is 231. The largest absolute Gasteiger partial charge is 0.377 e. The summed E-state index contributed by atoms with van der Waals surface area (Å²) in [6, 6.07) is 0. The van der Waals surface area contributed by atoms with Gasteiger partial charge in [0.05, 0.1) is 6.10 Å². The fourth-order valence-electron chi connectivity index (χ4n) is 2.84. The maximum Gasteiger partial charge on any atom is 0.0702 e. The molecule has 1 fully saturated rings. The van der Waals surface area contributed by atoms with Gasteiger partial charge >= 0.3 is 0 Å². The quantitative estimate of drug-likeness (QED) is 0.652. The van der Waals surface area contributed by atoms with Crippen LogP contribution in [0.15, 0.2) is 0 Å². The zero-order chi connectivity index (χ0) is 14.1. The number of rotatable bonds is 9. The number of likely N-dealkylation sites (tertiary alicyclic amines) is 1. The highest BCUT2D eigenvalue weighted by Gasteiger charge is 2.26. The van der Waals surface area contributed by atoms with Crippen LogP contribution in [0.3, 0.4) is 0 Å². The Morgan fingerprint density at radius 3 is 2.74 bits per heavy atom. The maximum atomic E-state index is 5.92. The van der Waals surface area contributed by atoms with E-state index in [-0.39, 0.29) is 0 Å². The minimum Gasteiger partial charge on any atom is -0.377 e. The third-order valence-electron chi connectivity index (χ3n) is 3.70. The summed E-state index contributed by atoms with van der Waals surface area (Å²) >= 11 is 0. The van der Waals surface area contributed by atoms with Crippen molar-refractivity contribution in [3.63, 3.8) is 0 Å². The molecule has 0 radical (unpaired) electrons. The summed E-state index contributed by atoms with van der Waals surface area (Å²) in [5, 5.41) is 3.55. The average Bonchev–Trinajstić information content (AvgIpc) is 2.36. The van der Waals surface area contributed by atoms with Crippen molar-refractivity contribution in [2.45, 2.75) is 59.5 Å². The summed E-state index contributed by atoms with van der Waals surface area (Å²) in [5.74, 6) is 0. The van der Waals surface area contributed by atoms with E-state index >= 15 is 0 Å². The maximum absolute atomic E-state index is 5.92. The minimum atomic E-state index is 0.349. The summed E-state index contributed by atoms with van der Waals surface area (Å²) in [4.78, 5) is 2.59. The number of piperidine rings is 1. The molecule has 1 rings (SSSR count). The van der Waals surface area contributed by atoms with Gasteiger partial charge in [0.2, 0.25) is 0 Å². The molecule has 0 bridgehead atoms. The SMILES string of the molecule is CCCNCC(C)(C)CN1CCCC(OCCC)C1.